The van der Waals surface area contributed by atoms with Gasteiger partial charge in [-0.25, -0.2) is 0 Å². The average molecular weight is 314 g/mol. The van der Waals surface area contributed by atoms with Gasteiger partial charge in [0.1, 0.15) is 0 Å². The zero-order valence-electron chi connectivity index (χ0n) is 12.5. The number of likely N-dealkylation sites (tertiary alicyclic amines) is 1. The molecule has 122 valence electrons. The minimum Gasteiger partial charge on any atom is -0.356 e. The van der Waals surface area contributed by atoms with Crippen LogP contribution in [-0.4, -0.2) is 37.0 Å². The van der Waals surface area contributed by atoms with Gasteiger partial charge in [-0.15, -0.1) is 0 Å². The summed E-state index contributed by atoms with van der Waals surface area (Å²) in [7, 11) is 0. The van der Waals surface area contributed by atoms with Gasteiger partial charge in [0.25, 0.3) is 0 Å². The van der Waals surface area contributed by atoms with Crippen molar-refractivity contribution < 1.29 is 18.0 Å². The number of hydrogen-bond donors (Lipinski definition) is 1. The van der Waals surface area contributed by atoms with Gasteiger partial charge in [-0.1, -0.05) is 18.2 Å². The number of hydrogen-bond acceptors (Lipinski definition) is 2. The molecule has 0 spiro atoms. The summed E-state index contributed by atoms with van der Waals surface area (Å²) in [5.41, 5.74) is -0.335. The van der Waals surface area contributed by atoms with Crippen LogP contribution in [0.5, 0.6) is 0 Å². The average Bonchev–Trinajstić information content (AvgIpc) is 2.96. The molecule has 0 bridgehead atoms. The highest BCUT2D eigenvalue weighted by Gasteiger charge is 2.30. The summed E-state index contributed by atoms with van der Waals surface area (Å²) < 4.78 is 37.8. The molecule has 0 aliphatic carbocycles. The Kier molecular flexibility index (Phi) is 5.83. The Bertz CT molecular complexity index is 496. The van der Waals surface area contributed by atoms with Gasteiger partial charge in [-0.3, -0.25) is 4.79 Å². The van der Waals surface area contributed by atoms with Crippen molar-refractivity contribution in [2.75, 3.05) is 26.2 Å². The summed E-state index contributed by atoms with van der Waals surface area (Å²) in [5, 5.41) is 2.77. The van der Waals surface area contributed by atoms with Crippen LogP contribution >= 0.6 is 0 Å². The first kappa shape index (κ1) is 16.8. The monoisotopic (exact) mass is 314 g/mol. The zero-order valence-corrected chi connectivity index (χ0v) is 12.5. The van der Waals surface area contributed by atoms with E-state index in [0.29, 0.717) is 12.1 Å². The molecule has 1 fully saturated rings. The molecule has 1 amide bonds. The van der Waals surface area contributed by atoms with Gasteiger partial charge in [0.15, 0.2) is 0 Å². The number of nitrogens with one attached hydrogen (secondary N) is 1. The first-order chi connectivity index (χ1) is 10.4. The molecule has 0 atom stereocenters. The molecule has 22 heavy (non-hydrogen) atoms. The first-order valence-electron chi connectivity index (χ1n) is 7.60. The summed E-state index contributed by atoms with van der Waals surface area (Å²) >= 11 is 0. The van der Waals surface area contributed by atoms with Gasteiger partial charge in [-0.05, 0) is 50.5 Å². The Morgan fingerprint density at radius 3 is 2.64 bits per heavy atom. The lowest BCUT2D eigenvalue weighted by atomic mass is 10.1. The van der Waals surface area contributed by atoms with Crippen LogP contribution in [0, 0.1) is 0 Å². The van der Waals surface area contributed by atoms with Crippen molar-refractivity contribution in [3.8, 4) is 0 Å². The number of rotatable bonds is 6. The lowest BCUT2D eigenvalue weighted by Gasteiger charge is -2.14. The molecule has 1 aromatic carbocycles. The maximum Gasteiger partial charge on any atom is 0.416 e. The molecule has 6 heteroatoms. The van der Waals surface area contributed by atoms with Gasteiger partial charge >= 0.3 is 6.18 Å². The van der Waals surface area contributed by atoms with Gasteiger partial charge in [0.2, 0.25) is 5.91 Å². The minimum atomic E-state index is -4.37. The van der Waals surface area contributed by atoms with E-state index in [9.17, 15) is 18.0 Å². The van der Waals surface area contributed by atoms with Crippen LogP contribution < -0.4 is 5.32 Å². The molecule has 1 heterocycles. The SMILES string of the molecule is O=C(Cc1cccc(C(F)(F)F)c1)NCCCN1CCCC1. The van der Waals surface area contributed by atoms with Crippen molar-refractivity contribution >= 4 is 5.91 Å². The van der Waals surface area contributed by atoms with Crippen LogP contribution in [0.1, 0.15) is 30.4 Å². The van der Waals surface area contributed by atoms with E-state index in [1.165, 1.54) is 18.9 Å². The van der Waals surface area contributed by atoms with E-state index in [1.807, 2.05) is 0 Å². The number of carbonyl (C=O) groups is 1. The Labute approximate surface area is 128 Å². The Morgan fingerprint density at radius 2 is 1.95 bits per heavy atom. The maximum atomic E-state index is 12.6. The zero-order chi connectivity index (χ0) is 16.0. The summed E-state index contributed by atoms with van der Waals surface area (Å²) in [6.07, 6.45) is -1.05. The third-order valence-electron chi connectivity index (χ3n) is 3.79. The third kappa shape index (κ3) is 5.33. The fraction of sp³-hybridized carbons (Fsp3) is 0.562. The Hall–Kier alpha value is -1.56. The van der Waals surface area contributed by atoms with Crippen molar-refractivity contribution in [3.05, 3.63) is 35.4 Å². The number of alkyl halides is 3. The predicted molar refractivity (Wildman–Crippen MR) is 78.4 cm³/mol. The normalized spacial score (nSPS) is 16.0. The molecule has 3 nitrogen and oxygen atoms in total. The second-order valence-corrected chi connectivity index (χ2v) is 5.63. The molecule has 1 aliphatic rings. The third-order valence-corrected chi connectivity index (χ3v) is 3.79. The highest BCUT2D eigenvalue weighted by molar-refractivity contribution is 5.78. The van der Waals surface area contributed by atoms with E-state index >= 15 is 0 Å². The van der Waals surface area contributed by atoms with E-state index in [0.717, 1.165) is 38.2 Å². The van der Waals surface area contributed by atoms with Crippen molar-refractivity contribution in [1.29, 1.82) is 0 Å². The van der Waals surface area contributed by atoms with Gasteiger partial charge in [0.05, 0.1) is 12.0 Å². The minimum absolute atomic E-state index is 0.0202. The van der Waals surface area contributed by atoms with Gasteiger partial charge < -0.3 is 10.2 Å². The van der Waals surface area contributed by atoms with Crippen molar-refractivity contribution in [1.82, 2.24) is 10.2 Å². The Balaban J connectivity index is 1.72. The van der Waals surface area contributed by atoms with Crippen LogP contribution in [0.2, 0.25) is 0 Å². The molecule has 1 aliphatic heterocycles. The van der Waals surface area contributed by atoms with Crippen molar-refractivity contribution in [2.45, 2.75) is 31.9 Å². The molecule has 0 unspecified atom stereocenters. The standard InChI is InChI=1S/C16H21F3N2O/c17-16(18,19)14-6-3-5-13(11-14)12-15(22)20-7-4-10-21-8-1-2-9-21/h3,5-6,11H,1-2,4,7-10,12H2,(H,20,22). The van der Waals surface area contributed by atoms with E-state index in [-0.39, 0.29) is 12.3 Å². The van der Waals surface area contributed by atoms with E-state index in [2.05, 4.69) is 10.2 Å². The van der Waals surface area contributed by atoms with Crippen LogP contribution in [0.3, 0.4) is 0 Å². The number of carbonyl (C=O) groups excluding carboxylic acids is 1. The van der Waals surface area contributed by atoms with Crippen molar-refractivity contribution in [2.24, 2.45) is 0 Å². The van der Waals surface area contributed by atoms with Crippen LogP contribution in [0.4, 0.5) is 13.2 Å². The number of benzene rings is 1. The number of halogens is 3. The summed E-state index contributed by atoms with van der Waals surface area (Å²) in [4.78, 5) is 14.1. The van der Waals surface area contributed by atoms with E-state index < -0.39 is 11.7 Å². The highest BCUT2D eigenvalue weighted by atomic mass is 19.4. The van der Waals surface area contributed by atoms with Crippen LogP contribution in [-0.2, 0) is 17.4 Å². The molecule has 1 saturated heterocycles. The van der Waals surface area contributed by atoms with Crippen LogP contribution in [0.25, 0.3) is 0 Å². The fourth-order valence-electron chi connectivity index (χ4n) is 2.64. The number of nitrogens with zero attached hydrogens (tertiary/aromatic N) is 1. The van der Waals surface area contributed by atoms with Crippen molar-refractivity contribution in [3.63, 3.8) is 0 Å². The quantitative estimate of drug-likeness (QED) is 0.819. The lowest BCUT2D eigenvalue weighted by Crippen LogP contribution is -2.29. The topological polar surface area (TPSA) is 32.3 Å². The maximum absolute atomic E-state index is 12.6. The fourth-order valence-corrected chi connectivity index (χ4v) is 2.64. The Morgan fingerprint density at radius 1 is 1.23 bits per heavy atom. The van der Waals surface area contributed by atoms with Crippen LogP contribution in [0.15, 0.2) is 24.3 Å². The largest absolute Gasteiger partial charge is 0.416 e. The van der Waals surface area contributed by atoms with E-state index in [4.69, 9.17) is 0 Å². The summed E-state index contributed by atoms with van der Waals surface area (Å²) in [6.45, 7) is 3.77. The lowest BCUT2D eigenvalue weighted by molar-refractivity contribution is -0.137. The number of amides is 1. The molecule has 2 rings (SSSR count). The van der Waals surface area contributed by atoms with Gasteiger partial charge in [0, 0.05) is 6.54 Å². The molecular weight excluding hydrogens is 293 g/mol. The summed E-state index contributed by atoms with van der Waals surface area (Å²) in [6, 6.07) is 4.92. The predicted octanol–water partition coefficient (Wildman–Crippen LogP) is 2.85. The molecule has 1 N–H and O–H groups in total. The molecule has 0 radical (unpaired) electrons. The summed E-state index contributed by atoms with van der Waals surface area (Å²) in [5.74, 6) is -0.235. The molecule has 1 aromatic rings. The second-order valence-electron chi connectivity index (χ2n) is 5.63. The first-order valence-corrected chi connectivity index (χ1v) is 7.60. The van der Waals surface area contributed by atoms with E-state index in [1.54, 1.807) is 6.07 Å². The smallest absolute Gasteiger partial charge is 0.356 e. The molecule has 0 aromatic heterocycles. The van der Waals surface area contributed by atoms with Gasteiger partial charge in [-0.2, -0.15) is 13.2 Å². The second kappa shape index (κ2) is 7.63. The highest BCUT2D eigenvalue weighted by Crippen LogP contribution is 2.29. The molecule has 0 saturated carbocycles. The molecular formula is C16H21F3N2O.